The lowest BCUT2D eigenvalue weighted by Crippen LogP contribution is -2.43. The quantitative estimate of drug-likeness (QED) is 0.489. The molecule has 0 radical (unpaired) electrons. The largest absolute Gasteiger partial charge is 0.278 e. The lowest BCUT2D eigenvalue weighted by molar-refractivity contribution is -0.120. The lowest BCUT2D eigenvalue weighted by Gasteiger charge is -2.32. The second-order valence-corrected chi connectivity index (χ2v) is 8.54. The molecule has 0 saturated heterocycles. The molecule has 4 heteroatoms. The van der Waals surface area contributed by atoms with E-state index in [0.717, 1.165) is 57.1 Å². The number of carbonyl (C=O) groups is 1. The van der Waals surface area contributed by atoms with Gasteiger partial charge in [0.2, 0.25) is 11.9 Å². The van der Waals surface area contributed by atoms with Crippen molar-refractivity contribution < 1.29 is 4.79 Å². The molecule has 0 atom stereocenters. The van der Waals surface area contributed by atoms with Gasteiger partial charge in [-0.1, -0.05) is 73.6 Å². The fourth-order valence-corrected chi connectivity index (χ4v) is 3.20. The second kappa shape index (κ2) is 11.3. The first-order valence-corrected chi connectivity index (χ1v) is 10.5. The van der Waals surface area contributed by atoms with Crippen molar-refractivity contribution in [3.8, 4) is 0 Å². The summed E-state index contributed by atoms with van der Waals surface area (Å²) in [6, 6.07) is 2.16. The zero-order valence-electron chi connectivity index (χ0n) is 17.8. The molecular formula is C22H39N3O. The van der Waals surface area contributed by atoms with E-state index in [1.165, 1.54) is 0 Å². The van der Waals surface area contributed by atoms with Gasteiger partial charge in [-0.05, 0) is 30.7 Å². The molecule has 0 bridgehead atoms. The van der Waals surface area contributed by atoms with E-state index >= 15 is 0 Å². The van der Waals surface area contributed by atoms with E-state index in [9.17, 15) is 4.79 Å². The summed E-state index contributed by atoms with van der Waals surface area (Å²) in [6.45, 7) is 12.9. The van der Waals surface area contributed by atoms with Crippen LogP contribution in [0.4, 0.5) is 5.95 Å². The van der Waals surface area contributed by atoms with Gasteiger partial charge in [0.25, 0.3) is 0 Å². The number of amides is 1. The summed E-state index contributed by atoms with van der Waals surface area (Å²) in [5, 5.41) is 0. The third-order valence-corrected chi connectivity index (χ3v) is 4.52. The maximum atomic E-state index is 13.2. The van der Waals surface area contributed by atoms with Crippen LogP contribution in [0, 0.1) is 5.41 Å². The summed E-state index contributed by atoms with van der Waals surface area (Å²) in [4.78, 5) is 24.4. The number of hydrogen-bond donors (Lipinski definition) is 0. The van der Waals surface area contributed by atoms with E-state index in [1.807, 2.05) is 11.0 Å². The van der Waals surface area contributed by atoms with Crippen LogP contribution in [-0.2, 0) is 11.2 Å². The predicted octanol–water partition coefficient (Wildman–Crippen LogP) is 5.95. The summed E-state index contributed by atoms with van der Waals surface area (Å²) in [6.07, 6.45) is 10.9. The lowest BCUT2D eigenvalue weighted by atomic mass is 9.91. The molecule has 0 aromatic carbocycles. The number of hydrogen-bond acceptors (Lipinski definition) is 3. The van der Waals surface area contributed by atoms with Gasteiger partial charge < -0.3 is 0 Å². The second-order valence-electron chi connectivity index (χ2n) is 8.54. The molecule has 0 spiro atoms. The first-order valence-electron chi connectivity index (χ1n) is 10.5. The van der Waals surface area contributed by atoms with Crippen molar-refractivity contribution in [1.29, 1.82) is 0 Å². The van der Waals surface area contributed by atoms with Crippen molar-refractivity contribution >= 4 is 11.9 Å². The van der Waals surface area contributed by atoms with Crippen LogP contribution in [0.2, 0.25) is 0 Å². The molecule has 0 unspecified atom stereocenters. The molecule has 1 heterocycles. The molecule has 0 N–H and O–H groups in total. The highest BCUT2D eigenvalue weighted by molar-refractivity contribution is 5.92. The third-order valence-electron chi connectivity index (χ3n) is 4.52. The van der Waals surface area contributed by atoms with Crippen LogP contribution in [-0.4, -0.2) is 21.9 Å². The molecule has 1 aromatic rings. The van der Waals surface area contributed by atoms with Crippen molar-refractivity contribution in [2.45, 2.75) is 105 Å². The molecule has 1 amide bonds. The molecular weight excluding hydrogens is 322 g/mol. The summed E-state index contributed by atoms with van der Waals surface area (Å²) in [5.41, 5.74) is 0.979. The molecule has 0 aliphatic carbocycles. The van der Waals surface area contributed by atoms with Gasteiger partial charge >= 0.3 is 0 Å². The van der Waals surface area contributed by atoms with Crippen molar-refractivity contribution in [2.24, 2.45) is 5.41 Å². The van der Waals surface area contributed by atoms with Crippen molar-refractivity contribution in [3.05, 3.63) is 18.0 Å². The number of carbonyl (C=O) groups excluding carboxylic acids is 1. The number of aryl methyl sites for hydroxylation is 1. The maximum Gasteiger partial charge on any atom is 0.232 e. The predicted molar refractivity (Wildman–Crippen MR) is 110 cm³/mol. The highest BCUT2D eigenvalue weighted by Gasteiger charge is 2.29. The first kappa shape index (κ1) is 22.6. The highest BCUT2D eigenvalue weighted by Crippen LogP contribution is 2.26. The summed E-state index contributed by atoms with van der Waals surface area (Å²) in [5.74, 6) is 0.755. The Hall–Kier alpha value is -1.45. The molecule has 0 saturated carbocycles. The van der Waals surface area contributed by atoms with Gasteiger partial charge in [-0.2, -0.15) is 0 Å². The van der Waals surface area contributed by atoms with Crippen molar-refractivity contribution in [3.63, 3.8) is 0 Å². The average Bonchev–Trinajstić information content (AvgIpc) is 2.56. The Morgan fingerprint density at radius 1 is 1.08 bits per heavy atom. The van der Waals surface area contributed by atoms with Gasteiger partial charge in [0.1, 0.15) is 0 Å². The smallest absolute Gasteiger partial charge is 0.232 e. The number of unbranched alkanes of at least 4 members (excludes halogenated alkanes) is 2. The molecule has 0 aliphatic rings. The van der Waals surface area contributed by atoms with Gasteiger partial charge in [-0.15, -0.1) is 0 Å². The number of nitrogens with zero attached hydrogens (tertiary/aromatic N) is 3. The van der Waals surface area contributed by atoms with Gasteiger partial charge in [0.15, 0.2) is 0 Å². The Morgan fingerprint density at radius 3 is 2.19 bits per heavy atom. The Kier molecular flexibility index (Phi) is 9.82. The van der Waals surface area contributed by atoms with Crippen molar-refractivity contribution in [2.75, 3.05) is 4.90 Å². The zero-order valence-corrected chi connectivity index (χ0v) is 17.8. The van der Waals surface area contributed by atoms with Gasteiger partial charge in [-0.25, -0.2) is 9.97 Å². The first-order chi connectivity index (χ1) is 12.3. The molecule has 0 fully saturated rings. The van der Waals surface area contributed by atoms with Crippen LogP contribution in [0.1, 0.15) is 98.6 Å². The minimum atomic E-state index is -0.0452. The van der Waals surface area contributed by atoms with Crippen LogP contribution in [0.25, 0.3) is 0 Å². The Balaban J connectivity index is 3.20. The van der Waals surface area contributed by atoms with E-state index in [2.05, 4.69) is 46.5 Å². The van der Waals surface area contributed by atoms with E-state index in [1.54, 1.807) is 6.20 Å². The van der Waals surface area contributed by atoms with Crippen LogP contribution in [0.5, 0.6) is 0 Å². The van der Waals surface area contributed by atoms with Crippen LogP contribution in [0.15, 0.2) is 12.3 Å². The van der Waals surface area contributed by atoms with E-state index in [0.29, 0.717) is 12.4 Å². The fraction of sp³-hybridized carbons (Fsp3) is 0.773. The average molecular weight is 362 g/mol. The van der Waals surface area contributed by atoms with E-state index < -0.39 is 0 Å². The SMILES string of the molecule is CCCCC(CCCC)N(C(=O)CC(C)(C)C)c1nccc(CCC)n1. The summed E-state index contributed by atoms with van der Waals surface area (Å²) >= 11 is 0. The van der Waals surface area contributed by atoms with Crippen LogP contribution in [0.3, 0.4) is 0 Å². The van der Waals surface area contributed by atoms with Crippen LogP contribution < -0.4 is 4.90 Å². The Labute approximate surface area is 160 Å². The topological polar surface area (TPSA) is 46.1 Å². The minimum Gasteiger partial charge on any atom is -0.278 e. The highest BCUT2D eigenvalue weighted by atomic mass is 16.2. The molecule has 26 heavy (non-hydrogen) atoms. The normalized spacial score (nSPS) is 11.8. The summed E-state index contributed by atoms with van der Waals surface area (Å²) < 4.78 is 0. The van der Waals surface area contributed by atoms with Gasteiger partial charge in [0, 0.05) is 24.4 Å². The molecule has 4 nitrogen and oxygen atoms in total. The number of aromatic nitrogens is 2. The fourth-order valence-electron chi connectivity index (χ4n) is 3.20. The molecule has 1 aromatic heterocycles. The Morgan fingerprint density at radius 2 is 1.69 bits per heavy atom. The monoisotopic (exact) mass is 361 g/mol. The third kappa shape index (κ3) is 7.84. The molecule has 0 aliphatic heterocycles. The molecule has 148 valence electrons. The molecule has 1 rings (SSSR count). The number of rotatable bonds is 11. The minimum absolute atomic E-state index is 0.0452. The van der Waals surface area contributed by atoms with Gasteiger partial charge in [-0.3, -0.25) is 9.69 Å². The summed E-state index contributed by atoms with van der Waals surface area (Å²) in [7, 11) is 0. The van der Waals surface area contributed by atoms with E-state index in [-0.39, 0.29) is 17.4 Å². The maximum absolute atomic E-state index is 13.2. The van der Waals surface area contributed by atoms with Gasteiger partial charge in [0.05, 0.1) is 0 Å². The van der Waals surface area contributed by atoms with Crippen molar-refractivity contribution in [1.82, 2.24) is 9.97 Å². The number of anilines is 1. The van der Waals surface area contributed by atoms with E-state index in [4.69, 9.17) is 4.98 Å². The standard InChI is InChI=1S/C22H39N3O/c1-7-10-13-19(14-11-8-2)25(20(26)17-22(4,5)6)21-23-16-15-18(24-21)12-9-3/h15-16,19H,7-14,17H2,1-6H3. The zero-order chi connectivity index (χ0) is 19.6. The Bertz CT molecular complexity index is 528. The van der Waals surface area contributed by atoms with Crippen LogP contribution >= 0.6 is 0 Å².